The van der Waals surface area contributed by atoms with E-state index in [4.69, 9.17) is 0 Å². The molecule has 0 saturated heterocycles. The lowest BCUT2D eigenvalue weighted by Crippen LogP contribution is -2.31. The van der Waals surface area contributed by atoms with Crippen LogP contribution in [0.4, 0.5) is 17.1 Å². The molecular formula is C28H36N4O. The average Bonchev–Trinajstić information content (AvgIpc) is 3.23. The fourth-order valence-corrected chi connectivity index (χ4v) is 4.03. The summed E-state index contributed by atoms with van der Waals surface area (Å²) < 4.78 is 2.01. The molecule has 0 amide bonds. The molecule has 174 valence electrons. The highest BCUT2D eigenvalue weighted by molar-refractivity contribution is 5.97. The van der Waals surface area contributed by atoms with E-state index in [1.807, 2.05) is 41.8 Å². The van der Waals surface area contributed by atoms with Crippen LogP contribution < -0.4 is 10.2 Å². The Bertz CT molecular complexity index is 1130. The molecule has 0 aliphatic carbocycles. The van der Waals surface area contributed by atoms with Crippen molar-refractivity contribution >= 4 is 34.1 Å². The SMILES string of the molecule is C/C=C\C(=C/C(C)=O)c1ccc(Nc2ccc(N(CC(C)C)CC(C)C)cc2)c2nccn12. The highest BCUT2D eigenvalue weighted by Gasteiger charge is 2.12. The molecule has 1 aromatic carbocycles. The number of rotatable bonds is 10. The van der Waals surface area contributed by atoms with Crippen LogP contribution in [0.3, 0.4) is 0 Å². The van der Waals surface area contributed by atoms with Gasteiger partial charge in [0, 0.05) is 42.4 Å². The zero-order valence-electron chi connectivity index (χ0n) is 20.7. The minimum Gasteiger partial charge on any atom is -0.371 e. The van der Waals surface area contributed by atoms with Crippen molar-refractivity contribution in [3.63, 3.8) is 0 Å². The van der Waals surface area contributed by atoms with Gasteiger partial charge in [-0.25, -0.2) is 4.98 Å². The van der Waals surface area contributed by atoms with Crippen LogP contribution in [-0.4, -0.2) is 28.3 Å². The second kappa shape index (κ2) is 11.0. The molecule has 3 rings (SSSR count). The number of nitrogens with one attached hydrogen (secondary N) is 1. The first-order valence-corrected chi connectivity index (χ1v) is 11.7. The number of pyridine rings is 1. The average molecular weight is 445 g/mol. The lowest BCUT2D eigenvalue weighted by molar-refractivity contribution is -0.112. The number of benzene rings is 1. The Morgan fingerprint density at radius 1 is 1.06 bits per heavy atom. The van der Waals surface area contributed by atoms with E-state index in [9.17, 15) is 4.79 Å². The summed E-state index contributed by atoms with van der Waals surface area (Å²) in [6.07, 6.45) is 9.24. The minimum atomic E-state index is 0.0163. The summed E-state index contributed by atoms with van der Waals surface area (Å²) in [7, 11) is 0. The molecule has 0 atom stereocenters. The molecule has 3 aromatic rings. The van der Waals surface area contributed by atoms with E-state index in [0.29, 0.717) is 11.8 Å². The van der Waals surface area contributed by atoms with Gasteiger partial charge in [-0.05, 0) is 68.2 Å². The van der Waals surface area contributed by atoms with Crippen molar-refractivity contribution < 1.29 is 4.79 Å². The van der Waals surface area contributed by atoms with E-state index in [0.717, 1.165) is 41.4 Å². The van der Waals surface area contributed by atoms with Crippen molar-refractivity contribution in [1.82, 2.24) is 9.38 Å². The minimum absolute atomic E-state index is 0.0163. The van der Waals surface area contributed by atoms with Crippen molar-refractivity contribution in [1.29, 1.82) is 0 Å². The summed E-state index contributed by atoms with van der Waals surface area (Å²) in [6.45, 7) is 14.6. The Balaban J connectivity index is 1.88. The summed E-state index contributed by atoms with van der Waals surface area (Å²) in [5.41, 5.74) is 5.78. The number of hydrogen-bond acceptors (Lipinski definition) is 4. The van der Waals surface area contributed by atoms with E-state index < -0.39 is 0 Å². The van der Waals surface area contributed by atoms with Gasteiger partial charge >= 0.3 is 0 Å². The van der Waals surface area contributed by atoms with Gasteiger partial charge in [0.1, 0.15) is 0 Å². The zero-order valence-corrected chi connectivity index (χ0v) is 20.7. The van der Waals surface area contributed by atoms with Crippen molar-refractivity contribution in [2.24, 2.45) is 11.8 Å². The van der Waals surface area contributed by atoms with Crippen LogP contribution in [0, 0.1) is 11.8 Å². The molecule has 0 unspecified atom stereocenters. The zero-order chi connectivity index (χ0) is 24.0. The number of anilines is 3. The Morgan fingerprint density at radius 2 is 1.73 bits per heavy atom. The summed E-state index contributed by atoms with van der Waals surface area (Å²) in [5.74, 6) is 1.24. The van der Waals surface area contributed by atoms with Gasteiger partial charge in [0.2, 0.25) is 0 Å². The molecule has 0 saturated carbocycles. The first-order chi connectivity index (χ1) is 15.8. The number of allylic oxidation sites excluding steroid dienone is 4. The largest absolute Gasteiger partial charge is 0.371 e. The Hall–Kier alpha value is -3.34. The second-order valence-electron chi connectivity index (χ2n) is 9.33. The highest BCUT2D eigenvalue weighted by Crippen LogP contribution is 2.27. The van der Waals surface area contributed by atoms with Crippen LogP contribution in [0.15, 0.2) is 67.0 Å². The Labute approximate surface area is 197 Å². The molecule has 2 aromatic heterocycles. The predicted octanol–water partition coefficient (Wildman–Crippen LogP) is 6.74. The molecule has 0 aliphatic rings. The number of ketones is 1. The molecule has 1 N–H and O–H groups in total. The molecule has 0 fully saturated rings. The van der Waals surface area contributed by atoms with Gasteiger partial charge in [0.15, 0.2) is 11.4 Å². The first kappa shape index (κ1) is 24.3. The van der Waals surface area contributed by atoms with Gasteiger partial charge in [0.05, 0.1) is 11.4 Å². The van der Waals surface area contributed by atoms with Crippen LogP contribution in [0.5, 0.6) is 0 Å². The highest BCUT2D eigenvalue weighted by atomic mass is 16.1. The molecule has 0 radical (unpaired) electrons. The lowest BCUT2D eigenvalue weighted by atomic mass is 10.1. The maximum absolute atomic E-state index is 11.7. The molecule has 2 heterocycles. The Kier molecular flexibility index (Phi) is 8.10. The van der Waals surface area contributed by atoms with Crippen molar-refractivity contribution in [3.05, 3.63) is 72.7 Å². The molecule has 0 aliphatic heterocycles. The van der Waals surface area contributed by atoms with Crippen LogP contribution in [0.2, 0.25) is 0 Å². The van der Waals surface area contributed by atoms with E-state index in [2.05, 4.69) is 67.2 Å². The van der Waals surface area contributed by atoms with E-state index in [-0.39, 0.29) is 5.78 Å². The van der Waals surface area contributed by atoms with Crippen molar-refractivity contribution in [3.8, 4) is 0 Å². The van der Waals surface area contributed by atoms with Gasteiger partial charge in [-0.1, -0.05) is 39.8 Å². The third-order valence-electron chi connectivity index (χ3n) is 5.23. The first-order valence-electron chi connectivity index (χ1n) is 11.7. The second-order valence-corrected chi connectivity index (χ2v) is 9.33. The Morgan fingerprint density at radius 3 is 2.30 bits per heavy atom. The maximum atomic E-state index is 11.7. The van der Waals surface area contributed by atoms with E-state index >= 15 is 0 Å². The van der Waals surface area contributed by atoms with Crippen LogP contribution in [-0.2, 0) is 4.79 Å². The monoisotopic (exact) mass is 444 g/mol. The van der Waals surface area contributed by atoms with Gasteiger partial charge in [0.25, 0.3) is 0 Å². The standard InChI is InChI=1S/C28H36N4O/c1-7-8-23(17-22(6)33)27-14-13-26(28-29-15-16-32(27)28)30-24-9-11-25(12-10-24)31(18-20(2)3)19-21(4)5/h7-17,20-21,30H,18-19H2,1-6H3/b8-7-,23-17+. The molecule has 33 heavy (non-hydrogen) atoms. The number of imidazole rings is 1. The number of hydrogen-bond donors (Lipinski definition) is 1. The molecule has 5 heteroatoms. The van der Waals surface area contributed by atoms with Crippen molar-refractivity contribution in [2.75, 3.05) is 23.3 Å². The van der Waals surface area contributed by atoms with Gasteiger partial charge in [-0.3, -0.25) is 9.20 Å². The van der Waals surface area contributed by atoms with Gasteiger partial charge in [-0.2, -0.15) is 0 Å². The van der Waals surface area contributed by atoms with Crippen molar-refractivity contribution in [2.45, 2.75) is 41.5 Å². The third-order valence-corrected chi connectivity index (χ3v) is 5.23. The fraction of sp³-hybridized carbons (Fsp3) is 0.357. The normalized spacial score (nSPS) is 12.3. The van der Waals surface area contributed by atoms with Gasteiger partial charge < -0.3 is 10.2 Å². The number of nitrogens with zero attached hydrogens (tertiary/aromatic N) is 3. The number of fused-ring (bicyclic) bond motifs is 1. The smallest absolute Gasteiger partial charge is 0.161 e. The molecule has 0 spiro atoms. The lowest BCUT2D eigenvalue weighted by Gasteiger charge is -2.28. The molecular weight excluding hydrogens is 408 g/mol. The van der Waals surface area contributed by atoms with E-state index in [1.54, 1.807) is 19.2 Å². The van der Waals surface area contributed by atoms with Crippen LogP contribution in [0.1, 0.15) is 47.2 Å². The summed E-state index contributed by atoms with van der Waals surface area (Å²) in [4.78, 5) is 18.8. The van der Waals surface area contributed by atoms with Gasteiger partial charge in [-0.15, -0.1) is 0 Å². The summed E-state index contributed by atoms with van der Waals surface area (Å²) >= 11 is 0. The number of aromatic nitrogens is 2. The van der Waals surface area contributed by atoms with Crippen LogP contribution in [0.25, 0.3) is 11.2 Å². The number of carbonyl (C=O) groups excluding carboxylic acids is 1. The number of carbonyl (C=O) groups is 1. The van der Waals surface area contributed by atoms with E-state index in [1.165, 1.54) is 5.69 Å². The maximum Gasteiger partial charge on any atom is 0.161 e. The summed E-state index contributed by atoms with van der Waals surface area (Å²) in [6, 6.07) is 12.7. The topological polar surface area (TPSA) is 49.6 Å². The third kappa shape index (κ3) is 6.35. The van der Waals surface area contributed by atoms with Crippen LogP contribution >= 0.6 is 0 Å². The summed E-state index contributed by atoms with van der Waals surface area (Å²) in [5, 5.41) is 3.51. The fourth-order valence-electron chi connectivity index (χ4n) is 4.03. The molecule has 5 nitrogen and oxygen atoms in total. The molecule has 0 bridgehead atoms. The quantitative estimate of drug-likeness (QED) is 0.278. The predicted molar refractivity (Wildman–Crippen MR) is 140 cm³/mol.